The van der Waals surface area contributed by atoms with Crippen LogP contribution in [0.15, 0.2) is 18.2 Å². The van der Waals surface area contributed by atoms with Gasteiger partial charge in [-0.1, -0.05) is 25.1 Å². The van der Waals surface area contributed by atoms with Crippen molar-refractivity contribution >= 4 is 9.84 Å². The first-order valence-corrected chi connectivity index (χ1v) is 8.36. The number of sulfone groups is 1. The summed E-state index contributed by atoms with van der Waals surface area (Å²) in [5.74, 6) is 0.116. The van der Waals surface area contributed by atoms with Crippen molar-refractivity contribution < 1.29 is 12.8 Å². The zero-order valence-corrected chi connectivity index (χ0v) is 12.6. The molecule has 1 unspecified atom stereocenters. The standard InChI is InChI=1S/C14H22FNO2S/c1-4-19(17,18)10-6-9-13(16-3)12-8-5-7-11(2)14(12)15/h5,7-8,13,16H,4,6,9-10H2,1-3H3. The fourth-order valence-corrected chi connectivity index (χ4v) is 2.94. The van der Waals surface area contributed by atoms with Crippen LogP contribution in [0.4, 0.5) is 4.39 Å². The minimum atomic E-state index is -2.95. The van der Waals surface area contributed by atoms with Gasteiger partial charge in [0.1, 0.15) is 15.7 Å². The molecule has 0 aliphatic carbocycles. The number of aryl methyl sites for hydroxylation is 1. The number of nitrogens with one attached hydrogen (secondary N) is 1. The number of halogens is 1. The van der Waals surface area contributed by atoms with Gasteiger partial charge in [0.25, 0.3) is 0 Å². The first kappa shape index (κ1) is 16.1. The highest BCUT2D eigenvalue weighted by atomic mass is 32.2. The average Bonchev–Trinajstić information content (AvgIpc) is 2.38. The summed E-state index contributed by atoms with van der Waals surface area (Å²) in [6, 6.07) is 5.15. The van der Waals surface area contributed by atoms with Crippen molar-refractivity contribution in [3.05, 3.63) is 35.1 Å². The number of benzene rings is 1. The van der Waals surface area contributed by atoms with Gasteiger partial charge in [-0.2, -0.15) is 0 Å². The molecule has 1 aromatic carbocycles. The summed E-state index contributed by atoms with van der Waals surface area (Å²) in [4.78, 5) is 0. The molecule has 0 saturated heterocycles. The van der Waals surface area contributed by atoms with Gasteiger partial charge in [0.2, 0.25) is 0 Å². The van der Waals surface area contributed by atoms with Gasteiger partial charge >= 0.3 is 0 Å². The van der Waals surface area contributed by atoms with Gasteiger partial charge in [-0.3, -0.25) is 0 Å². The van der Waals surface area contributed by atoms with Crippen molar-refractivity contribution in [2.45, 2.75) is 32.7 Å². The Bertz CT molecular complexity index is 514. The van der Waals surface area contributed by atoms with E-state index in [0.717, 1.165) is 0 Å². The molecule has 0 amide bonds. The molecule has 108 valence electrons. The van der Waals surface area contributed by atoms with Crippen molar-refractivity contribution in [3.63, 3.8) is 0 Å². The predicted molar refractivity (Wildman–Crippen MR) is 76.5 cm³/mol. The summed E-state index contributed by atoms with van der Waals surface area (Å²) in [6.45, 7) is 3.37. The number of hydrogen-bond acceptors (Lipinski definition) is 3. The third-order valence-corrected chi connectivity index (χ3v) is 5.12. The molecule has 0 aliphatic heterocycles. The van der Waals surface area contributed by atoms with Gasteiger partial charge in [-0.15, -0.1) is 0 Å². The van der Waals surface area contributed by atoms with Gasteiger partial charge in [-0.25, -0.2) is 12.8 Å². The molecule has 0 spiro atoms. The van der Waals surface area contributed by atoms with Crippen LogP contribution in [0.1, 0.15) is 36.9 Å². The molecule has 1 N–H and O–H groups in total. The van der Waals surface area contributed by atoms with Crippen molar-refractivity contribution in [2.75, 3.05) is 18.6 Å². The van der Waals surface area contributed by atoms with Crippen molar-refractivity contribution in [2.24, 2.45) is 0 Å². The topological polar surface area (TPSA) is 46.2 Å². The molecular formula is C14H22FNO2S. The van der Waals surface area contributed by atoms with Gasteiger partial charge in [-0.05, 0) is 32.4 Å². The molecule has 1 aromatic rings. The Morgan fingerprint density at radius 2 is 2.05 bits per heavy atom. The molecule has 3 nitrogen and oxygen atoms in total. The molecule has 1 atom stereocenters. The lowest BCUT2D eigenvalue weighted by Gasteiger charge is -2.18. The van der Waals surface area contributed by atoms with Crippen LogP contribution in [0.2, 0.25) is 0 Å². The molecule has 0 bridgehead atoms. The summed E-state index contributed by atoms with van der Waals surface area (Å²) in [7, 11) is -1.18. The molecule has 0 aliphatic rings. The average molecular weight is 287 g/mol. The zero-order chi connectivity index (χ0) is 14.5. The van der Waals surface area contributed by atoms with Crippen LogP contribution in [0, 0.1) is 12.7 Å². The Labute approximate surface area is 115 Å². The first-order valence-electron chi connectivity index (χ1n) is 6.54. The summed E-state index contributed by atoms with van der Waals surface area (Å²) in [5, 5.41) is 3.06. The molecule has 19 heavy (non-hydrogen) atoms. The third-order valence-electron chi connectivity index (χ3n) is 3.33. The second-order valence-electron chi connectivity index (χ2n) is 4.70. The summed E-state index contributed by atoms with van der Waals surface area (Å²) < 4.78 is 36.9. The number of hydrogen-bond donors (Lipinski definition) is 1. The lowest BCUT2D eigenvalue weighted by atomic mass is 10.00. The highest BCUT2D eigenvalue weighted by Crippen LogP contribution is 2.23. The summed E-state index contributed by atoms with van der Waals surface area (Å²) in [6.07, 6.45) is 1.14. The quantitative estimate of drug-likeness (QED) is 0.838. The van der Waals surface area contributed by atoms with E-state index >= 15 is 0 Å². The second-order valence-corrected chi connectivity index (χ2v) is 7.17. The Hall–Kier alpha value is -0.940. The van der Waals surface area contributed by atoms with E-state index in [1.54, 1.807) is 33.0 Å². The Morgan fingerprint density at radius 3 is 2.63 bits per heavy atom. The van der Waals surface area contributed by atoms with E-state index in [9.17, 15) is 12.8 Å². The van der Waals surface area contributed by atoms with Gasteiger partial charge in [0, 0.05) is 17.4 Å². The van der Waals surface area contributed by atoms with E-state index in [1.807, 2.05) is 6.07 Å². The third kappa shape index (κ3) is 4.58. The van der Waals surface area contributed by atoms with E-state index in [0.29, 0.717) is 24.0 Å². The Morgan fingerprint density at radius 1 is 1.37 bits per heavy atom. The maximum Gasteiger partial charge on any atom is 0.150 e. The van der Waals surface area contributed by atoms with E-state index in [4.69, 9.17) is 0 Å². The largest absolute Gasteiger partial charge is 0.313 e. The van der Waals surface area contributed by atoms with Crippen LogP contribution in [-0.4, -0.2) is 27.0 Å². The molecule has 1 rings (SSSR count). The van der Waals surface area contributed by atoms with Crippen LogP contribution >= 0.6 is 0 Å². The molecule has 0 aromatic heterocycles. The first-order chi connectivity index (χ1) is 8.91. The predicted octanol–water partition coefficient (Wildman–Crippen LogP) is 2.61. The fraction of sp³-hybridized carbons (Fsp3) is 0.571. The van der Waals surface area contributed by atoms with Crippen LogP contribution in [0.25, 0.3) is 0 Å². The molecule has 0 saturated carbocycles. The smallest absolute Gasteiger partial charge is 0.150 e. The maximum atomic E-state index is 14.0. The van der Waals surface area contributed by atoms with E-state index in [-0.39, 0.29) is 23.4 Å². The maximum absolute atomic E-state index is 14.0. The molecular weight excluding hydrogens is 265 g/mol. The highest BCUT2D eigenvalue weighted by Gasteiger charge is 2.16. The Balaban J connectivity index is 2.71. The summed E-state index contributed by atoms with van der Waals surface area (Å²) >= 11 is 0. The van der Waals surface area contributed by atoms with E-state index in [1.165, 1.54) is 0 Å². The summed E-state index contributed by atoms with van der Waals surface area (Å²) in [5.41, 5.74) is 1.22. The normalized spacial score (nSPS) is 13.5. The van der Waals surface area contributed by atoms with E-state index in [2.05, 4.69) is 5.32 Å². The number of rotatable bonds is 7. The monoisotopic (exact) mass is 287 g/mol. The molecule has 0 radical (unpaired) electrons. The van der Waals surface area contributed by atoms with Gasteiger partial charge in [0.05, 0.1) is 5.75 Å². The highest BCUT2D eigenvalue weighted by molar-refractivity contribution is 7.91. The van der Waals surface area contributed by atoms with Crippen molar-refractivity contribution in [1.29, 1.82) is 0 Å². The van der Waals surface area contributed by atoms with Crippen LogP contribution in [-0.2, 0) is 9.84 Å². The minimum Gasteiger partial charge on any atom is -0.313 e. The molecule has 5 heteroatoms. The van der Waals surface area contributed by atoms with E-state index < -0.39 is 9.84 Å². The van der Waals surface area contributed by atoms with Crippen LogP contribution < -0.4 is 5.32 Å². The Kier molecular flexibility index (Phi) is 5.94. The van der Waals surface area contributed by atoms with Gasteiger partial charge < -0.3 is 5.32 Å². The molecule has 0 fully saturated rings. The van der Waals surface area contributed by atoms with Gasteiger partial charge in [0.15, 0.2) is 0 Å². The zero-order valence-electron chi connectivity index (χ0n) is 11.7. The van der Waals surface area contributed by atoms with Crippen LogP contribution in [0.3, 0.4) is 0 Å². The minimum absolute atomic E-state index is 0.146. The van der Waals surface area contributed by atoms with Crippen molar-refractivity contribution in [3.8, 4) is 0 Å². The lowest BCUT2D eigenvalue weighted by molar-refractivity contribution is 0.499. The molecule has 0 heterocycles. The lowest BCUT2D eigenvalue weighted by Crippen LogP contribution is -2.19. The fourth-order valence-electron chi connectivity index (χ4n) is 2.05. The second kappa shape index (κ2) is 7.01. The SMILES string of the molecule is CCS(=O)(=O)CCCC(NC)c1cccc(C)c1F. The van der Waals surface area contributed by atoms with Crippen LogP contribution in [0.5, 0.6) is 0 Å². The van der Waals surface area contributed by atoms with Crippen molar-refractivity contribution in [1.82, 2.24) is 5.32 Å².